The van der Waals surface area contributed by atoms with Crippen molar-refractivity contribution in [3.63, 3.8) is 0 Å². The first-order chi connectivity index (χ1) is 6.29. The Hall–Kier alpha value is -1.35. The second-order valence-corrected chi connectivity index (χ2v) is 2.67. The lowest BCUT2D eigenvalue weighted by molar-refractivity contribution is 0.213. The topological polar surface area (TPSA) is 41.8 Å². The molecule has 0 heterocycles. The second-order valence-electron chi connectivity index (χ2n) is 2.67. The van der Waals surface area contributed by atoms with Crippen molar-refractivity contribution in [2.45, 2.75) is 13.5 Å². The molecule has 1 N–H and O–H groups in total. The van der Waals surface area contributed by atoms with Crippen LogP contribution in [0.1, 0.15) is 18.1 Å². The van der Waals surface area contributed by atoms with Gasteiger partial charge in [0.2, 0.25) is 0 Å². The van der Waals surface area contributed by atoms with Crippen molar-refractivity contribution in [1.29, 1.82) is 0 Å². The largest absolute Gasteiger partial charge is 0.399 e. The van der Waals surface area contributed by atoms with Gasteiger partial charge in [0.05, 0.1) is 12.3 Å². The summed E-state index contributed by atoms with van der Waals surface area (Å²) >= 11 is 0. The van der Waals surface area contributed by atoms with E-state index in [2.05, 4.69) is 9.99 Å². The summed E-state index contributed by atoms with van der Waals surface area (Å²) < 4.78 is 0. The predicted molar refractivity (Wildman–Crippen MR) is 51.6 cm³/mol. The zero-order chi connectivity index (χ0) is 9.68. The highest BCUT2D eigenvalue weighted by molar-refractivity contribution is 5.99. The van der Waals surface area contributed by atoms with E-state index in [0.29, 0.717) is 0 Å². The zero-order valence-electron chi connectivity index (χ0n) is 7.82. The Kier molecular flexibility index (Phi) is 3.46. The number of aliphatic hydroxyl groups is 1. The summed E-state index contributed by atoms with van der Waals surface area (Å²) in [6, 6.07) is 7.56. The summed E-state index contributed by atoms with van der Waals surface area (Å²) in [6.07, 6.45) is 0. The van der Waals surface area contributed by atoms with Crippen LogP contribution in [0.25, 0.3) is 0 Å². The minimum absolute atomic E-state index is 0.0206. The Morgan fingerprint density at radius 1 is 1.46 bits per heavy atom. The molecule has 0 aliphatic heterocycles. The van der Waals surface area contributed by atoms with E-state index >= 15 is 0 Å². The van der Waals surface area contributed by atoms with E-state index in [9.17, 15) is 0 Å². The maximum Gasteiger partial charge on any atom is 0.106 e. The molecule has 1 aromatic carbocycles. The molecular weight excluding hydrogens is 166 g/mol. The van der Waals surface area contributed by atoms with E-state index < -0.39 is 0 Å². The second kappa shape index (κ2) is 4.62. The molecule has 70 valence electrons. The van der Waals surface area contributed by atoms with Crippen molar-refractivity contribution < 1.29 is 9.94 Å². The van der Waals surface area contributed by atoms with E-state index in [4.69, 9.17) is 5.11 Å². The van der Waals surface area contributed by atoms with Crippen LogP contribution < -0.4 is 0 Å². The van der Waals surface area contributed by atoms with Gasteiger partial charge < -0.3 is 9.94 Å². The highest BCUT2D eigenvalue weighted by Crippen LogP contribution is 2.09. The van der Waals surface area contributed by atoms with Gasteiger partial charge in [-0.1, -0.05) is 29.4 Å². The summed E-state index contributed by atoms with van der Waals surface area (Å²) in [6.45, 7) is 1.87. The molecule has 3 heteroatoms. The normalized spacial score (nSPS) is 11.5. The van der Waals surface area contributed by atoms with Gasteiger partial charge in [-0.3, -0.25) is 0 Å². The summed E-state index contributed by atoms with van der Waals surface area (Å²) in [5.74, 6) is 0. The fraction of sp³-hybridized carbons (Fsp3) is 0.300. The minimum atomic E-state index is 0.0206. The van der Waals surface area contributed by atoms with Crippen LogP contribution in [0.4, 0.5) is 0 Å². The predicted octanol–water partition coefficient (Wildman–Crippen LogP) is 1.55. The van der Waals surface area contributed by atoms with Crippen molar-refractivity contribution >= 4 is 5.71 Å². The molecule has 0 fully saturated rings. The minimum Gasteiger partial charge on any atom is -0.399 e. The number of rotatable bonds is 3. The lowest BCUT2D eigenvalue weighted by atomic mass is 10.0. The molecular formula is C10H13NO2. The maximum absolute atomic E-state index is 9.04. The standard InChI is InChI=1S/C10H13NO2/c1-8(11-13-2)10-6-4-3-5-9(10)7-12/h3-6,12H,7H2,1-2H3/b11-8-. The lowest BCUT2D eigenvalue weighted by Crippen LogP contribution is -2.00. The van der Waals surface area contributed by atoms with Crippen molar-refractivity contribution in [1.82, 2.24) is 0 Å². The fourth-order valence-electron chi connectivity index (χ4n) is 1.20. The Bertz CT molecular complexity index is 308. The number of aliphatic hydroxyl groups excluding tert-OH is 1. The Balaban J connectivity index is 3.05. The van der Waals surface area contributed by atoms with E-state index in [-0.39, 0.29) is 6.61 Å². The summed E-state index contributed by atoms with van der Waals surface area (Å²) in [4.78, 5) is 4.66. The monoisotopic (exact) mass is 179 g/mol. The first-order valence-electron chi connectivity index (χ1n) is 4.06. The Morgan fingerprint density at radius 3 is 2.77 bits per heavy atom. The van der Waals surface area contributed by atoms with Crippen LogP contribution in [0.5, 0.6) is 0 Å². The quantitative estimate of drug-likeness (QED) is 0.565. The smallest absolute Gasteiger partial charge is 0.106 e. The Labute approximate surface area is 77.6 Å². The van der Waals surface area contributed by atoms with Crippen LogP contribution in [-0.4, -0.2) is 17.9 Å². The van der Waals surface area contributed by atoms with Crippen molar-refractivity contribution in [2.75, 3.05) is 7.11 Å². The van der Waals surface area contributed by atoms with Crippen molar-refractivity contribution in [3.05, 3.63) is 35.4 Å². The average molecular weight is 179 g/mol. The first kappa shape index (κ1) is 9.74. The van der Waals surface area contributed by atoms with Gasteiger partial charge in [0.25, 0.3) is 0 Å². The number of oxime groups is 1. The average Bonchev–Trinajstić information content (AvgIpc) is 2.18. The van der Waals surface area contributed by atoms with E-state index in [0.717, 1.165) is 16.8 Å². The molecule has 0 unspecified atom stereocenters. The van der Waals surface area contributed by atoms with Gasteiger partial charge in [0, 0.05) is 5.56 Å². The van der Waals surface area contributed by atoms with Crippen LogP contribution in [0.2, 0.25) is 0 Å². The molecule has 1 rings (SSSR count). The van der Waals surface area contributed by atoms with Crippen LogP contribution in [0.15, 0.2) is 29.4 Å². The molecule has 3 nitrogen and oxygen atoms in total. The summed E-state index contributed by atoms with van der Waals surface area (Å²) in [5.41, 5.74) is 2.56. The van der Waals surface area contributed by atoms with E-state index in [1.165, 1.54) is 7.11 Å². The van der Waals surface area contributed by atoms with Gasteiger partial charge in [-0.25, -0.2) is 0 Å². The molecule has 0 radical (unpaired) electrons. The van der Waals surface area contributed by atoms with Gasteiger partial charge in [-0.2, -0.15) is 0 Å². The molecule has 0 saturated carbocycles. The van der Waals surface area contributed by atoms with Crippen LogP contribution >= 0.6 is 0 Å². The Morgan fingerprint density at radius 2 is 2.15 bits per heavy atom. The third kappa shape index (κ3) is 2.29. The first-order valence-corrected chi connectivity index (χ1v) is 4.06. The molecule has 0 amide bonds. The fourth-order valence-corrected chi connectivity index (χ4v) is 1.20. The molecule has 1 aromatic rings. The van der Waals surface area contributed by atoms with Gasteiger partial charge >= 0.3 is 0 Å². The van der Waals surface area contributed by atoms with Crippen LogP contribution in [-0.2, 0) is 11.4 Å². The van der Waals surface area contributed by atoms with E-state index in [1.807, 2.05) is 31.2 Å². The third-order valence-electron chi connectivity index (χ3n) is 1.81. The van der Waals surface area contributed by atoms with Gasteiger partial charge in [0.15, 0.2) is 0 Å². The molecule has 0 saturated heterocycles. The van der Waals surface area contributed by atoms with Gasteiger partial charge in [-0.05, 0) is 12.5 Å². The highest BCUT2D eigenvalue weighted by Gasteiger charge is 2.03. The summed E-state index contributed by atoms with van der Waals surface area (Å²) in [7, 11) is 1.51. The van der Waals surface area contributed by atoms with Crippen molar-refractivity contribution in [2.24, 2.45) is 5.16 Å². The number of hydrogen-bond donors (Lipinski definition) is 1. The molecule has 13 heavy (non-hydrogen) atoms. The lowest BCUT2D eigenvalue weighted by Gasteiger charge is -2.04. The van der Waals surface area contributed by atoms with Crippen LogP contribution in [0.3, 0.4) is 0 Å². The zero-order valence-corrected chi connectivity index (χ0v) is 7.82. The molecule has 0 aromatic heterocycles. The highest BCUT2D eigenvalue weighted by atomic mass is 16.6. The SMILES string of the molecule is CO/N=C(/C)c1ccccc1CO. The molecule has 0 bridgehead atoms. The molecule has 0 aliphatic rings. The van der Waals surface area contributed by atoms with Gasteiger partial charge in [-0.15, -0.1) is 0 Å². The number of benzene rings is 1. The van der Waals surface area contributed by atoms with E-state index in [1.54, 1.807) is 0 Å². The maximum atomic E-state index is 9.04. The number of hydrogen-bond acceptors (Lipinski definition) is 3. The third-order valence-corrected chi connectivity index (χ3v) is 1.81. The van der Waals surface area contributed by atoms with Crippen molar-refractivity contribution in [3.8, 4) is 0 Å². The summed E-state index contributed by atoms with van der Waals surface area (Å²) in [5, 5.41) is 12.8. The molecule has 0 atom stereocenters. The van der Waals surface area contributed by atoms with Crippen LogP contribution in [0, 0.1) is 0 Å². The molecule has 0 aliphatic carbocycles. The number of nitrogens with zero attached hydrogens (tertiary/aromatic N) is 1. The van der Waals surface area contributed by atoms with Gasteiger partial charge in [0.1, 0.15) is 7.11 Å². The molecule has 0 spiro atoms.